The number of aromatic nitrogens is 1. The van der Waals surface area contributed by atoms with Gasteiger partial charge in [-0.25, -0.2) is 4.79 Å². The number of amides is 2. The van der Waals surface area contributed by atoms with Crippen LogP contribution in [0.15, 0.2) is 18.3 Å². The molecule has 164 valence electrons. The summed E-state index contributed by atoms with van der Waals surface area (Å²) >= 11 is 0. The molecule has 2 N–H and O–H groups in total. The number of nitrogens with zero attached hydrogens (tertiary/aromatic N) is 4. The van der Waals surface area contributed by atoms with E-state index in [9.17, 15) is 14.9 Å². The Balaban J connectivity index is 1.86. The van der Waals surface area contributed by atoms with Crippen LogP contribution in [0.5, 0.6) is 11.5 Å². The molecule has 0 bridgehead atoms. The second-order valence-electron chi connectivity index (χ2n) is 7.06. The minimum Gasteiger partial charge on any atom is -0.493 e. The lowest BCUT2D eigenvalue weighted by Crippen LogP contribution is -2.37. The Bertz CT molecular complexity index is 1020. The molecule has 1 aliphatic heterocycles. The summed E-state index contributed by atoms with van der Waals surface area (Å²) in [5, 5.41) is 21.3. The smallest absolute Gasteiger partial charge is 0.404 e. The van der Waals surface area contributed by atoms with E-state index in [0.717, 1.165) is 17.5 Å². The summed E-state index contributed by atoms with van der Waals surface area (Å²) in [5.74, 6) is 1.01. The monoisotopic (exact) mass is 427 g/mol. The number of carbonyl (C=O) groups is 2. The fourth-order valence-electron chi connectivity index (χ4n) is 3.75. The molecule has 0 radical (unpaired) electrons. The lowest BCUT2D eigenvalue weighted by molar-refractivity contribution is -0.130. The second-order valence-corrected chi connectivity index (χ2v) is 7.06. The molecule has 1 aliphatic rings. The summed E-state index contributed by atoms with van der Waals surface area (Å²) < 4.78 is 10.8. The molecule has 0 atom stereocenters. The number of fused-ring (bicyclic) bond motifs is 1. The van der Waals surface area contributed by atoms with Crippen LogP contribution in [0.2, 0.25) is 0 Å². The van der Waals surface area contributed by atoms with E-state index in [2.05, 4.69) is 21.3 Å². The lowest BCUT2D eigenvalue weighted by Gasteiger charge is -2.26. The summed E-state index contributed by atoms with van der Waals surface area (Å²) in [5.41, 5.74) is 1.89. The fraction of sp³-hybridized carbons (Fsp3) is 0.429. The molecule has 1 aromatic carbocycles. The quantitative estimate of drug-likeness (QED) is 0.714. The number of hydrogen-bond donors (Lipinski definition) is 2. The molecule has 0 unspecified atom stereocenters. The molecular weight excluding hydrogens is 402 g/mol. The molecule has 1 fully saturated rings. The van der Waals surface area contributed by atoms with Crippen molar-refractivity contribution in [3.05, 3.63) is 23.9 Å². The third kappa shape index (κ3) is 4.88. The number of nitrogens with one attached hydrogen (secondary N) is 1. The molecule has 1 aromatic heterocycles. The van der Waals surface area contributed by atoms with Gasteiger partial charge in [0.05, 0.1) is 31.0 Å². The number of methoxy groups -OCH3 is 2. The van der Waals surface area contributed by atoms with Crippen molar-refractivity contribution in [2.75, 3.05) is 51.8 Å². The Morgan fingerprint density at radius 1 is 1.19 bits per heavy atom. The Labute approximate surface area is 180 Å². The van der Waals surface area contributed by atoms with E-state index < -0.39 is 6.09 Å². The van der Waals surface area contributed by atoms with E-state index in [1.165, 1.54) is 0 Å². The number of carboxylic acid groups (broad SMARTS) is 1. The number of rotatable bonds is 6. The first kappa shape index (κ1) is 22.0. The minimum atomic E-state index is -1.14. The van der Waals surface area contributed by atoms with Gasteiger partial charge >= 0.3 is 6.09 Å². The maximum absolute atomic E-state index is 12.4. The van der Waals surface area contributed by atoms with Crippen LogP contribution >= 0.6 is 0 Å². The van der Waals surface area contributed by atoms with Crippen LogP contribution in [0.1, 0.15) is 18.4 Å². The third-order valence-electron chi connectivity index (χ3n) is 5.25. The largest absolute Gasteiger partial charge is 0.493 e. The van der Waals surface area contributed by atoms with E-state index in [4.69, 9.17) is 14.6 Å². The molecular formula is C21H25N5O5. The SMILES string of the molecule is COc1cc2ncc(C#N)c(N3CCCN(C(=O)CCNC(=O)O)CC3)c2cc1OC. The number of nitriles is 1. The number of ether oxygens (including phenoxy) is 2. The number of carbonyl (C=O) groups excluding carboxylic acids is 1. The lowest BCUT2D eigenvalue weighted by atomic mass is 10.1. The highest BCUT2D eigenvalue weighted by molar-refractivity contribution is 5.96. The normalized spacial score (nSPS) is 14.0. The Kier molecular flexibility index (Phi) is 6.97. The Morgan fingerprint density at radius 3 is 2.61 bits per heavy atom. The summed E-state index contributed by atoms with van der Waals surface area (Å²) in [6.07, 6.45) is 1.25. The minimum absolute atomic E-state index is 0.0869. The predicted octanol–water partition coefficient (Wildman–Crippen LogP) is 1.82. The summed E-state index contributed by atoms with van der Waals surface area (Å²) in [6, 6.07) is 5.83. The standard InChI is InChI=1S/C21H25N5O5/c1-30-17-10-15-16(11-18(17)31-2)24-13-14(12-22)20(15)26-7-3-6-25(8-9-26)19(27)4-5-23-21(28)29/h10-11,13,23H,3-9H2,1-2H3,(H,28,29). The first-order valence-corrected chi connectivity index (χ1v) is 9.92. The topological polar surface area (TPSA) is 128 Å². The molecule has 3 rings (SSSR count). The molecule has 2 heterocycles. The average Bonchev–Trinajstić information content (AvgIpc) is 3.03. The van der Waals surface area contributed by atoms with Crippen LogP contribution in [0, 0.1) is 11.3 Å². The van der Waals surface area contributed by atoms with Crippen LogP contribution in [-0.2, 0) is 4.79 Å². The zero-order chi connectivity index (χ0) is 22.4. The van der Waals surface area contributed by atoms with Gasteiger partial charge in [-0.2, -0.15) is 5.26 Å². The van der Waals surface area contributed by atoms with Gasteiger partial charge in [-0.05, 0) is 12.5 Å². The molecule has 2 aromatic rings. The molecule has 0 spiro atoms. The van der Waals surface area contributed by atoms with Crippen molar-refractivity contribution in [2.45, 2.75) is 12.8 Å². The van der Waals surface area contributed by atoms with Gasteiger partial charge in [-0.15, -0.1) is 0 Å². The van der Waals surface area contributed by atoms with Crippen LogP contribution in [-0.4, -0.2) is 73.9 Å². The molecule has 10 heteroatoms. The second kappa shape index (κ2) is 9.84. The van der Waals surface area contributed by atoms with E-state index in [1.807, 2.05) is 6.07 Å². The number of pyridine rings is 1. The van der Waals surface area contributed by atoms with E-state index >= 15 is 0 Å². The number of benzene rings is 1. The van der Waals surface area contributed by atoms with Crippen LogP contribution in [0.25, 0.3) is 10.9 Å². The molecule has 0 aliphatic carbocycles. The van der Waals surface area contributed by atoms with Gasteiger partial charge in [-0.1, -0.05) is 0 Å². The zero-order valence-corrected chi connectivity index (χ0v) is 17.6. The highest BCUT2D eigenvalue weighted by Gasteiger charge is 2.23. The van der Waals surface area contributed by atoms with Gasteiger partial charge in [0.1, 0.15) is 6.07 Å². The first-order valence-electron chi connectivity index (χ1n) is 9.92. The fourth-order valence-corrected chi connectivity index (χ4v) is 3.75. The number of hydrogen-bond acceptors (Lipinski definition) is 7. The molecule has 1 saturated heterocycles. The van der Waals surface area contributed by atoms with Gasteiger partial charge < -0.3 is 29.7 Å². The van der Waals surface area contributed by atoms with Crippen molar-refractivity contribution in [3.8, 4) is 17.6 Å². The van der Waals surface area contributed by atoms with Gasteiger partial charge in [0, 0.05) is 56.8 Å². The highest BCUT2D eigenvalue weighted by atomic mass is 16.5. The van der Waals surface area contributed by atoms with Crippen LogP contribution < -0.4 is 19.7 Å². The van der Waals surface area contributed by atoms with E-state index in [-0.39, 0.29) is 18.9 Å². The van der Waals surface area contributed by atoms with E-state index in [0.29, 0.717) is 48.8 Å². The van der Waals surface area contributed by atoms with Crippen molar-refractivity contribution in [1.29, 1.82) is 5.26 Å². The van der Waals surface area contributed by atoms with Crippen molar-refractivity contribution < 1.29 is 24.2 Å². The molecule has 10 nitrogen and oxygen atoms in total. The summed E-state index contributed by atoms with van der Waals surface area (Å²) in [6.45, 7) is 2.35. The van der Waals surface area contributed by atoms with Crippen molar-refractivity contribution in [2.24, 2.45) is 0 Å². The molecule has 2 amide bonds. The molecule has 0 saturated carbocycles. The van der Waals surface area contributed by atoms with Crippen molar-refractivity contribution >= 4 is 28.6 Å². The van der Waals surface area contributed by atoms with Gasteiger partial charge in [0.15, 0.2) is 11.5 Å². The maximum Gasteiger partial charge on any atom is 0.404 e. The zero-order valence-electron chi connectivity index (χ0n) is 17.6. The van der Waals surface area contributed by atoms with Gasteiger partial charge in [-0.3, -0.25) is 9.78 Å². The van der Waals surface area contributed by atoms with Gasteiger partial charge in [0.2, 0.25) is 5.91 Å². The van der Waals surface area contributed by atoms with E-state index in [1.54, 1.807) is 31.4 Å². The van der Waals surface area contributed by atoms with Gasteiger partial charge in [0.25, 0.3) is 0 Å². The van der Waals surface area contributed by atoms with Crippen LogP contribution in [0.4, 0.5) is 10.5 Å². The maximum atomic E-state index is 12.4. The summed E-state index contributed by atoms with van der Waals surface area (Å²) in [4.78, 5) is 31.3. The first-order chi connectivity index (χ1) is 15.0. The van der Waals surface area contributed by atoms with Crippen LogP contribution in [0.3, 0.4) is 0 Å². The number of anilines is 1. The molecule has 31 heavy (non-hydrogen) atoms. The van der Waals surface area contributed by atoms with Crippen molar-refractivity contribution in [1.82, 2.24) is 15.2 Å². The van der Waals surface area contributed by atoms with Crippen molar-refractivity contribution in [3.63, 3.8) is 0 Å². The Hall–Kier alpha value is -3.74. The predicted molar refractivity (Wildman–Crippen MR) is 114 cm³/mol. The third-order valence-corrected chi connectivity index (χ3v) is 5.25. The average molecular weight is 427 g/mol. The highest BCUT2D eigenvalue weighted by Crippen LogP contribution is 2.37. The Morgan fingerprint density at radius 2 is 1.94 bits per heavy atom. The summed E-state index contributed by atoms with van der Waals surface area (Å²) in [7, 11) is 3.11.